The van der Waals surface area contributed by atoms with E-state index in [1.165, 1.54) is 6.92 Å². The number of nitro groups is 1. The second kappa shape index (κ2) is 5.58. The number of carbonyl (C=O) groups excluding carboxylic acids is 1. The van der Waals surface area contributed by atoms with Gasteiger partial charge in [0.2, 0.25) is 0 Å². The topological polar surface area (TPSA) is 113 Å². The number of hydrogen-bond donors (Lipinski definition) is 0. The van der Waals surface area contributed by atoms with Gasteiger partial charge < -0.3 is 9.47 Å². The first-order valence-electron chi connectivity index (χ1n) is 5.72. The minimum absolute atomic E-state index is 0.00862. The number of nitro benzene ring substituents is 1. The molecular weight excluding hydrogens is 326 g/mol. The van der Waals surface area contributed by atoms with Crippen molar-refractivity contribution >= 4 is 31.4 Å². The summed E-state index contributed by atoms with van der Waals surface area (Å²) in [5.74, 6) is -0.855. The van der Waals surface area contributed by atoms with Crippen LogP contribution in [-0.4, -0.2) is 38.6 Å². The van der Waals surface area contributed by atoms with Crippen LogP contribution in [0.2, 0.25) is 0 Å². The van der Waals surface area contributed by atoms with E-state index in [-0.39, 0.29) is 24.3 Å². The fraction of sp³-hybridized carbons (Fsp3) is 0.364. The fourth-order valence-corrected chi connectivity index (χ4v) is 2.49. The predicted octanol–water partition coefficient (Wildman–Crippen LogP) is 1.39. The van der Waals surface area contributed by atoms with Gasteiger partial charge in [0.25, 0.3) is 14.7 Å². The largest absolute Gasteiger partial charge is 0.454 e. The average molecular weight is 336 g/mol. The van der Waals surface area contributed by atoms with Crippen molar-refractivity contribution in [3.05, 3.63) is 33.4 Å². The lowest BCUT2D eigenvalue weighted by atomic mass is 10.1. The van der Waals surface area contributed by atoms with Gasteiger partial charge in [-0.15, -0.1) is 0 Å². The van der Waals surface area contributed by atoms with Gasteiger partial charge >= 0.3 is 5.97 Å². The number of ether oxygens (including phenoxy) is 2. The second-order valence-electron chi connectivity index (χ2n) is 4.37. The third-order valence-electron chi connectivity index (χ3n) is 2.93. The molecule has 114 valence electrons. The Hall–Kier alpha value is -1.71. The molecule has 0 amide bonds. The molecule has 0 saturated carbocycles. The Balaban J connectivity index is 2.49. The Morgan fingerprint density at radius 1 is 1.48 bits per heavy atom. The first-order valence-corrected chi connectivity index (χ1v) is 8.03. The Bertz CT molecular complexity index is 712. The zero-order chi connectivity index (χ0) is 15.8. The van der Waals surface area contributed by atoms with Crippen LogP contribution < -0.4 is 0 Å². The lowest BCUT2D eigenvalue weighted by Gasteiger charge is -2.25. The molecule has 2 rings (SSSR count). The smallest absolute Gasteiger partial charge is 0.339 e. The Morgan fingerprint density at radius 3 is 2.52 bits per heavy atom. The minimum atomic E-state index is -4.22. The molecule has 0 atom stereocenters. The number of nitrogens with zero attached hydrogens (tertiary/aromatic N) is 1. The molecular formula is C11H10ClNO7S. The van der Waals surface area contributed by atoms with Gasteiger partial charge in [0.1, 0.15) is 6.10 Å². The molecule has 1 saturated heterocycles. The molecule has 8 nitrogen and oxygen atoms in total. The highest BCUT2D eigenvalue weighted by atomic mass is 35.7. The Morgan fingerprint density at radius 2 is 2.10 bits per heavy atom. The van der Waals surface area contributed by atoms with Crippen LogP contribution in [0.4, 0.5) is 5.69 Å². The van der Waals surface area contributed by atoms with Crippen molar-refractivity contribution in [1.82, 2.24) is 0 Å². The summed E-state index contributed by atoms with van der Waals surface area (Å²) in [5, 5.41) is 11.0. The van der Waals surface area contributed by atoms with Crippen molar-refractivity contribution in [2.24, 2.45) is 0 Å². The number of benzene rings is 1. The highest BCUT2D eigenvalue weighted by Gasteiger charge is 2.28. The van der Waals surface area contributed by atoms with Gasteiger partial charge in [0.15, 0.2) is 0 Å². The molecule has 0 bridgehead atoms. The predicted molar refractivity (Wildman–Crippen MR) is 70.9 cm³/mol. The van der Waals surface area contributed by atoms with Crippen LogP contribution in [0.5, 0.6) is 0 Å². The van der Waals surface area contributed by atoms with Crippen LogP contribution in [0.1, 0.15) is 15.9 Å². The highest BCUT2D eigenvalue weighted by Crippen LogP contribution is 2.29. The zero-order valence-electron chi connectivity index (χ0n) is 10.7. The van der Waals surface area contributed by atoms with Crippen LogP contribution in [0.3, 0.4) is 0 Å². The molecule has 10 heteroatoms. The maximum Gasteiger partial charge on any atom is 0.339 e. The summed E-state index contributed by atoms with van der Waals surface area (Å²) >= 11 is 0. The van der Waals surface area contributed by atoms with Gasteiger partial charge in [-0.3, -0.25) is 10.1 Å². The number of esters is 1. The quantitative estimate of drug-likeness (QED) is 0.353. The molecule has 0 aromatic heterocycles. The number of rotatable bonds is 4. The molecule has 1 aromatic carbocycles. The molecule has 0 aliphatic carbocycles. The van der Waals surface area contributed by atoms with Gasteiger partial charge in [0, 0.05) is 22.3 Å². The normalized spacial score (nSPS) is 15.3. The van der Waals surface area contributed by atoms with Gasteiger partial charge in [-0.2, -0.15) is 0 Å². The third-order valence-corrected chi connectivity index (χ3v) is 4.27. The van der Waals surface area contributed by atoms with Crippen molar-refractivity contribution in [3.63, 3.8) is 0 Å². The molecule has 1 heterocycles. The van der Waals surface area contributed by atoms with E-state index in [0.717, 1.165) is 12.1 Å². The molecule has 1 fully saturated rings. The molecule has 21 heavy (non-hydrogen) atoms. The van der Waals surface area contributed by atoms with Crippen molar-refractivity contribution in [3.8, 4) is 0 Å². The van der Waals surface area contributed by atoms with Crippen LogP contribution in [0.25, 0.3) is 0 Å². The monoisotopic (exact) mass is 335 g/mol. The average Bonchev–Trinajstić information content (AvgIpc) is 2.31. The first kappa shape index (κ1) is 15.7. The summed E-state index contributed by atoms with van der Waals surface area (Å²) in [4.78, 5) is 21.6. The summed E-state index contributed by atoms with van der Waals surface area (Å²) in [6.07, 6.45) is -0.438. The first-order chi connectivity index (χ1) is 9.70. The van der Waals surface area contributed by atoms with Gasteiger partial charge in [-0.1, -0.05) is 0 Å². The van der Waals surface area contributed by atoms with Crippen molar-refractivity contribution in [2.45, 2.75) is 17.9 Å². The van der Waals surface area contributed by atoms with E-state index in [0.29, 0.717) is 0 Å². The fourth-order valence-electron chi connectivity index (χ4n) is 1.71. The van der Waals surface area contributed by atoms with E-state index < -0.39 is 36.6 Å². The van der Waals surface area contributed by atoms with Gasteiger partial charge in [-0.05, 0) is 13.0 Å². The highest BCUT2D eigenvalue weighted by molar-refractivity contribution is 8.13. The molecule has 0 N–H and O–H groups in total. The SMILES string of the molecule is Cc1c(C(=O)OC2COC2)cc(S(=O)(=O)Cl)cc1[N+](=O)[O-]. The summed E-state index contributed by atoms with van der Waals surface area (Å²) in [5.41, 5.74) is -0.724. The van der Waals surface area contributed by atoms with Crippen molar-refractivity contribution in [2.75, 3.05) is 13.2 Å². The molecule has 1 aliphatic heterocycles. The molecule has 1 aromatic rings. The lowest BCUT2D eigenvalue weighted by Crippen LogP contribution is -2.38. The zero-order valence-corrected chi connectivity index (χ0v) is 12.3. The van der Waals surface area contributed by atoms with E-state index in [9.17, 15) is 23.3 Å². The van der Waals surface area contributed by atoms with Crippen LogP contribution in [-0.2, 0) is 18.5 Å². The Kier molecular flexibility index (Phi) is 4.17. The Labute approximate surface area is 124 Å². The summed E-state index contributed by atoms with van der Waals surface area (Å²) in [6, 6.07) is 1.77. The lowest BCUT2D eigenvalue weighted by molar-refractivity contribution is -0.385. The molecule has 1 aliphatic rings. The van der Waals surface area contributed by atoms with E-state index in [1.54, 1.807) is 0 Å². The van der Waals surface area contributed by atoms with Crippen LogP contribution >= 0.6 is 10.7 Å². The summed E-state index contributed by atoms with van der Waals surface area (Å²) in [6.45, 7) is 1.80. The summed E-state index contributed by atoms with van der Waals surface area (Å²) < 4.78 is 32.6. The van der Waals surface area contributed by atoms with Gasteiger partial charge in [0.05, 0.1) is 28.6 Å². The van der Waals surface area contributed by atoms with E-state index in [4.69, 9.17) is 20.2 Å². The van der Waals surface area contributed by atoms with Crippen LogP contribution in [0.15, 0.2) is 17.0 Å². The van der Waals surface area contributed by atoms with Crippen molar-refractivity contribution < 1.29 is 27.6 Å². The maximum absolute atomic E-state index is 12.0. The third kappa shape index (κ3) is 3.31. The molecule has 0 unspecified atom stereocenters. The molecule has 0 radical (unpaired) electrons. The van der Waals surface area contributed by atoms with Crippen molar-refractivity contribution in [1.29, 1.82) is 0 Å². The van der Waals surface area contributed by atoms with Gasteiger partial charge in [-0.25, -0.2) is 13.2 Å². The van der Waals surface area contributed by atoms with E-state index in [1.807, 2.05) is 0 Å². The summed E-state index contributed by atoms with van der Waals surface area (Å²) in [7, 11) is 0.970. The second-order valence-corrected chi connectivity index (χ2v) is 6.94. The van der Waals surface area contributed by atoms with E-state index in [2.05, 4.69) is 0 Å². The standard InChI is InChI=1S/C11H10ClNO7S/c1-6-9(11(14)20-7-4-19-5-7)2-8(21(12,17)18)3-10(6)13(15)16/h2-3,7H,4-5H2,1H3. The number of hydrogen-bond acceptors (Lipinski definition) is 7. The minimum Gasteiger partial charge on any atom is -0.454 e. The number of halogens is 1. The van der Waals surface area contributed by atoms with Crippen LogP contribution in [0, 0.1) is 17.0 Å². The maximum atomic E-state index is 12.0. The molecule has 0 spiro atoms. The van der Waals surface area contributed by atoms with E-state index >= 15 is 0 Å². The number of carbonyl (C=O) groups is 1.